The zero-order valence-electron chi connectivity index (χ0n) is 11.5. The number of nitrogens with two attached hydrogens (primary N) is 1. The van der Waals surface area contributed by atoms with Gasteiger partial charge in [0.15, 0.2) is 0 Å². The highest BCUT2D eigenvalue weighted by Crippen LogP contribution is 2.23. The normalized spacial score (nSPS) is 10.2. The molecule has 0 aliphatic rings. The molecular formula is C14H28N2O. The van der Waals surface area contributed by atoms with Gasteiger partial charge in [0.2, 0.25) is 0 Å². The Labute approximate surface area is 107 Å². The van der Waals surface area contributed by atoms with Gasteiger partial charge in [-0.15, -0.1) is 0 Å². The van der Waals surface area contributed by atoms with E-state index in [0.29, 0.717) is 0 Å². The fourth-order valence-corrected chi connectivity index (χ4v) is 1.20. The van der Waals surface area contributed by atoms with Crippen molar-refractivity contribution in [2.45, 2.75) is 46.5 Å². The third kappa shape index (κ3) is 6.61. The van der Waals surface area contributed by atoms with Crippen molar-refractivity contribution in [1.29, 1.82) is 0 Å². The maximum absolute atomic E-state index is 10.6. The molecule has 0 saturated heterocycles. The van der Waals surface area contributed by atoms with E-state index in [2.05, 4.69) is 39.9 Å². The second-order valence-electron chi connectivity index (χ2n) is 5.02. The zero-order chi connectivity index (χ0) is 13.5. The van der Waals surface area contributed by atoms with Gasteiger partial charge in [-0.25, -0.2) is 4.79 Å². The molecule has 17 heavy (non-hydrogen) atoms. The lowest BCUT2D eigenvalue weighted by molar-refractivity contribution is 0.259. The van der Waals surface area contributed by atoms with E-state index in [1.165, 1.54) is 12.0 Å². The van der Waals surface area contributed by atoms with Gasteiger partial charge in [-0.2, -0.15) is 0 Å². The summed E-state index contributed by atoms with van der Waals surface area (Å²) in [6, 6.07) is 7.15. The molecule has 0 radical (unpaired) electrons. The quantitative estimate of drug-likeness (QED) is 0.751. The maximum atomic E-state index is 10.6. The fourth-order valence-electron chi connectivity index (χ4n) is 1.20. The highest BCUT2D eigenvalue weighted by Gasteiger charge is 2.12. The van der Waals surface area contributed by atoms with Crippen molar-refractivity contribution in [2.24, 2.45) is 5.73 Å². The largest absolute Gasteiger partial charge is 0.351 e. The molecule has 0 spiro atoms. The third-order valence-electron chi connectivity index (χ3n) is 2.02. The van der Waals surface area contributed by atoms with Crippen molar-refractivity contribution >= 4 is 11.7 Å². The highest BCUT2D eigenvalue weighted by atomic mass is 16.2. The summed E-state index contributed by atoms with van der Waals surface area (Å²) >= 11 is 0. The van der Waals surface area contributed by atoms with Crippen molar-refractivity contribution < 1.29 is 7.65 Å². The van der Waals surface area contributed by atoms with E-state index >= 15 is 0 Å². The van der Waals surface area contributed by atoms with Crippen LogP contribution in [-0.4, -0.2) is 6.03 Å². The first kappa shape index (κ1) is 15.5. The highest BCUT2D eigenvalue weighted by molar-refractivity contribution is 5.87. The number of rotatable bonds is 1. The van der Waals surface area contributed by atoms with Crippen molar-refractivity contribution in [2.75, 3.05) is 5.32 Å². The lowest BCUT2D eigenvalue weighted by atomic mass is 9.87. The van der Waals surface area contributed by atoms with Gasteiger partial charge in [0.25, 0.3) is 0 Å². The topological polar surface area (TPSA) is 55.1 Å². The van der Waals surface area contributed by atoms with E-state index in [4.69, 9.17) is 5.73 Å². The standard InChI is InChI=1S/C11H16N2O.C3H8.2H2/c1-11(2,3)8-4-6-9(7-5-8)13-10(12)14;1-3-2;;/h4-7H,1-3H3,(H3,12,13,14);3H2,1-2H3;2*1H. The average Bonchev–Trinajstić information content (AvgIpc) is 2.17. The number of hydrogen-bond acceptors (Lipinski definition) is 1. The summed E-state index contributed by atoms with van der Waals surface area (Å²) < 4.78 is 0. The van der Waals surface area contributed by atoms with Crippen LogP contribution < -0.4 is 11.1 Å². The molecule has 1 aromatic carbocycles. The maximum Gasteiger partial charge on any atom is 0.316 e. The second kappa shape index (κ2) is 6.94. The van der Waals surface area contributed by atoms with Crippen LogP contribution in [0.25, 0.3) is 0 Å². The summed E-state index contributed by atoms with van der Waals surface area (Å²) in [5.74, 6) is 0. The molecule has 3 nitrogen and oxygen atoms in total. The molecule has 0 unspecified atom stereocenters. The van der Waals surface area contributed by atoms with Gasteiger partial charge in [0.05, 0.1) is 0 Å². The molecule has 0 atom stereocenters. The number of urea groups is 1. The summed E-state index contributed by atoms with van der Waals surface area (Å²) in [7, 11) is 0. The SMILES string of the molecule is CC(C)(C)c1ccc(NC(N)=O)cc1.CCC.[HH].[HH]. The predicted molar refractivity (Wildman–Crippen MR) is 78.5 cm³/mol. The zero-order valence-corrected chi connectivity index (χ0v) is 11.5. The van der Waals surface area contributed by atoms with Gasteiger partial charge < -0.3 is 11.1 Å². The van der Waals surface area contributed by atoms with E-state index in [-0.39, 0.29) is 8.27 Å². The van der Waals surface area contributed by atoms with Crippen LogP contribution in [0.3, 0.4) is 0 Å². The molecule has 0 heterocycles. The van der Waals surface area contributed by atoms with Gasteiger partial charge in [-0.05, 0) is 23.1 Å². The molecule has 0 aliphatic carbocycles. The first-order chi connectivity index (χ1) is 7.81. The summed E-state index contributed by atoms with van der Waals surface area (Å²) in [5.41, 5.74) is 7.08. The van der Waals surface area contributed by atoms with Gasteiger partial charge in [-0.3, -0.25) is 0 Å². The van der Waals surface area contributed by atoms with E-state index in [0.717, 1.165) is 5.69 Å². The Bertz CT molecular complexity index is 345. The van der Waals surface area contributed by atoms with Crippen LogP contribution in [0, 0.1) is 0 Å². The van der Waals surface area contributed by atoms with Gasteiger partial charge >= 0.3 is 6.03 Å². The van der Waals surface area contributed by atoms with Crippen LogP contribution >= 0.6 is 0 Å². The molecule has 0 saturated carbocycles. The van der Waals surface area contributed by atoms with E-state index in [1.54, 1.807) is 0 Å². The minimum Gasteiger partial charge on any atom is -0.351 e. The Morgan fingerprint density at radius 2 is 1.65 bits per heavy atom. The minimum absolute atomic E-state index is 0. The van der Waals surface area contributed by atoms with E-state index in [1.807, 2.05) is 24.3 Å². The molecule has 1 rings (SSSR count). The fraction of sp³-hybridized carbons (Fsp3) is 0.500. The number of amides is 2. The predicted octanol–water partition coefficient (Wildman–Crippen LogP) is 4.38. The molecule has 100 valence electrons. The minimum atomic E-state index is -0.534. The molecule has 0 aliphatic heterocycles. The molecule has 0 aromatic heterocycles. The monoisotopic (exact) mass is 240 g/mol. The lowest BCUT2D eigenvalue weighted by Crippen LogP contribution is -2.19. The number of carbonyl (C=O) groups excluding carboxylic acids is 1. The van der Waals surface area contributed by atoms with Crippen molar-refractivity contribution in [3.05, 3.63) is 29.8 Å². The van der Waals surface area contributed by atoms with Crippen LogP contribution in [0.2, 0.25) is 0 Å². The number of anilines is 1. The average molecular weight is 240 g/mol. The molecule has 0 bridgehead atoms. The summed E-state index contributed by atoms with van der Waals surface area (Å²) in [5, 5.41) is 2.52. The van der Waals surface area contributed by atoms with Crippen LogP contribution in [0.1, 0.15) is 49.5 Å². The smallest absolute Gasteiger partial charge is 0.316 e. The first-order valence-corrected chi connectivity index (χ1v) is 5.98. The number of hydrogen-bond donors (Lipinski definition) is 2. The third-order valence-corrected chi connectivity index (χ3v) is 2.02. The van der Waals surface area contributed by atoms with Crippen molar-refractivity contribution in [1.82, 2.24) is 0 Å². The van der Waals surface area contributed by atoms with Crippen LogP contribution in [-0.2, 0) is 5.41 Å². The van der Waals surface area contributed by atoms with E-state index < -0.39 is 6.03 Å². The Morgan fingerprint density at radius 3 is 1.94 bits per heavy atom. The number of carbonyl (C=O) groups is 1. The summed E-state index contributed by atoms with van der Waals surface area (Å²) in [4.78, 5) is 10.6. The van der Waals surface area contributed by atoms with Crippen LogP contribution in [0.15, 0.2) is 24.3 Å². The number of nitrogens with one attached hydrogen (secondary N) is 1. The molecule has 1 aromatic rings. The molecule has 0 fully saturated rings. The molecule has 3 N–H and O–H groups in total. The van der Waals surface area contributed by atoms with Crippen molar-refractivity contribution in [3.63, 3.8) is 0 Å². The number of primary amides is 1. The van der Waals surface area contributed by atoms with Gasteiger partial charge in [-0.1, -0.05) is 53.2 Å². The lowest BCUT2D eigenvalue weighted by Gasteiger charge is -2.19. The summed E-state index contributed by atoms with van der Waals surface area (Å²) in [6.07, 6.45) is 1.25. The number of benzene rings is 1. The Balaban J connectivity index is -0.000000468. The van der Waals surface area contributed by atoms with E-state index in [9.17, 15) is 4.79 Å². The van der Waals surface area contributed by atoms with Crippen molar-refractivity contribution in [3.8, 4) is 0 Å². The Kier molecular flexibility index (Phi) is 6.33. The van der Waals surface area contributed by atoms with Gasteiger partial charge in [0, 0.05) is 8.54 Å². The molecule has 2 amide bonds. The Hall–Kier alpha value is -1.51. The summed E-state index contributed by atoms with van der Waals surface area (Å²) in [6.45, 7) is 10.7. The molecular weight excluding hydrogens is 212 g/mol. The second-order valence-corrected chi connectivity index (χ2v) is 5.02. The van der Waals surface area contributed by atoms with Gasteiger partial charge in [0.1, 0.15) is 0 Å². The van der Waals surface area contributed by atoms with Crippen LogP contribution in [0.5, 0.6) is 0 Å². The molecule has 3 heteroatoms. The first-order valence-electron chi connectivity index (χ1n) is 5.98. The Morgan fingerprint density at radius 1 is 1.24 bits per heavy atom. The van der Waals surface area contributed by atoms with Crippen LogP contribution in [0.4, 0.5) is 10.5 Å².